The maximum Gasteiger partial charge on any atom is 0.413 e. The van der Waals surface area contributed by atoms with Gasteiger partial charge in [0.15, 0.2) is 0 Å². The summed E-state index contributed by atoms with van der Waals surface area (Å²) >= 11 is 0. The van der Waals surface area contributed by atoms with E-state index in [1.807, 2.05) is 5.32 Å². The minimum atomic E-state index is -4.46. The second kappa shape index (κ2) is 6.83. The van der Waals surface area contributed by atoms with E-state index in [1.54, 1.807) is 18.2 Å². The van der Waals surface area contributed by atoms with Crippen molar-refractivity contribution in [1.29, 1.82) is 0 Å². The van der Waals surface area contributed by atoms with E-state index >= 15 is 0 Å². The van der Waals surface area contributed by atoms with Crippen molar-refractivity contribution < 1.29 is 22.7 Å². The predicted octanol–water partition coefficient (Wildman–Crippen LogP) is 4.29. The molecular formula is C15H18F3NO2. The second-order valence-electron chi connectivity index (χ2n) is 5.26. The monoisotopic (exact) mass is 301 g/mol. The summed E-state index contributed by atoms with van der Waals surface area (Å²) in [7, 11) is 0. The summed E-state index contributed by atoms with van der Waals surface area (Å²) in [5.41, 5.74) is 0. The Bertz CT molecular complexity index is 456. The van der Waals surface area contributed by atoms with Gasteiger partial charge in [0, 0.05) is 0 Å². The average molecular weight is 301 g/mol. The van der Waals surface area contributed by atoms with Crippen molar-refractivity contribution in [2.75, 3.05) is 0 Å². The third kappa shape index (κ3) is 4.65. The summed E-state index contributed by atoms with van der Waals surface area (Å²) in [6.07, 6.45) is -2.06. The normalized spacial score (nSPS) is 18.0. The minimum absolute atomic E-state index is 0.222. The van der Waals surface area contributed by atoms with Gasteiger partial charge >= 0.3 is 12.3 Å². The number of carbonyl (C=O) groups excluding carboxylic acids is 1. The summed E-state index contributed by atoms with van der Waals surface area (Å²) in [4.78, 5) is 11.7. The van der Waals surface area contributed by atoms with Gasteiger partial charge in [0.2, 0.25) is 0 Å². The third-order valence-corrected chi connectivity index (χ3v) is 3.70. The number of hydrogen-bond donors (Lipinski definition) is 1. The van der Waals surface area contributed by atoms with E-state index < -0.39 is 24.2 Å². The molecule has 6 heteroatoms. The molecule has 0 bridgehead atoms. The molecule has 2 rings (SSSR count). The number of rotatable bonds is 3. The van der Waals surface area contributed by atoms with Crippen molar-refractivity contribution in [3.05, 3.63) is 30.3 Å². The van der Waals surface area contributed by atoms with Gasteiger partial charge in [-0.15, -0.1) is 0 Å². The van der Waals surface area contributed by atoms with Crippen LogP contribution in [0.2, 0.25) is 0 Å². The molecule has 0 spiro atoms. The van der Waals surface area contributed by atoms with Crippen LogP contribution < -0.4 is 10.1 Å². The molecule has 1 fully saturated rings. The predicted molar refractivity (Wildman–Crippen MR) is 72.0 cm³/mol. The van der Waals surface area contributed by atoms with Gasteiger partial charge in [-0.1, -0.05) is 37.5 Å². The Hall–Kier alpha value is -1.72. The van der Waals surface area contributed by atoms with E-state index in [2.05, 4.69) is 0 Å². The summed E-state index contributed by atoms with van der Waals surface area (Å²) in [5, 5.41) is 1.99. The lowest BCUT2D eigenvalue weighted by atomic mass is 9.83. The smallest absolute Gasteiger partial charge is 0.410 e. The van der Waals surface area contributed by atoms with E-state index in [4.69, 9.17) is 4.74 Å². The SMILES string of the molecule is O=C(NC(C1CCCCC1)C(F)(F)F)Oc1ccccc1. The van der Waals surface area contributed by atoms with Crippen LogP contribution in [0.15, 0.2) is 30.3 Å². The van der Waals surface area contributed by atoms with Gasteiger partial charge in [0.1, 0.15) is 11.8 Å². The molecule has 1 aliphatic carbocycles. The minimum Gasteiger partial charge on any atom is -0.410 e. The Balaban J connectivity index is 1.99. The molecule has 1 atom stereocenters. The topological polar surface area (TPSA) is 38.3 Å². The fourth-order valence-corrected chi connectivity index (χ4v) is 2.69. The molecule has 3 nitrogen and oxygen atoms in total. The molecule has 1 aromatic rings. The van der Waals surface area contributed by atoms with Gasteiger partial charge in [-0.05, 0) is 30.9 Å². The van der Waals surface area contributed by atoms with E-state index in [-0.39, 0.29) is 5.75 Å². The van der Waals surface area contributed by atoms with Crippen LogP contribution in [0.3, 0.4) is 0 Å². The first-order valence-corrected chi connectivity index (χ1v) is 7.07. The van der Waals surface area contributed by atoms with Gasteiger partial charge < -0.3 is 10.1 Å². The Kier molecular flexibility index (Phi) is 5.09. The number of amides is 1. The fraction of sp³-hybridized carbons (Fsp3) is 0.533. The Labute approximate surface area is 121 Å². The summed E-state index contributed by atoms with van der Waals surface area (Å²) < 4.78 is 44.3. The van der Waals surface area contributed by atoms with E-state index in [9.17, 15) is 18.0 Å². The van der Waals surface area contributed by atoms with E-state index in [0.717, 1.165) is 19.3 Å². The molecule has 1 amide bonds. The Morgan fingerprint density at radius 3 is 2.33 bits per heavy atom. The molecule has 0 heterocycles. The van der Waals surface area contributed by atoms with Crippen molar-refractivity contribution in [2.45, 2.75) is 44.3 Å². The molecule has 1 N–H and O–H groups in total. The van der Waals surface area contributed by atoms with Crippen LogP contribution in [0, 0.1) is 5.92 Å². The number of alkyl halides is 3. The number of para-hydroxylation sites is 1. The van der Waals surface area contributed by atoms with Crippen molar-refractivity contribution in [1.82, 2.24) is 5.32 Å². The molecule has 116 valence electrons. The molecule has 1 saturated carbocycles. The van der Waals surface area contributed by atoms with Crippen LogP contribution in [-0.2, 0) is 0 Å². The molecule has 0 aromatic heterocycles. The molecule has 0 saturated heterocycles. The molecule has 21 heavy (non-hydrogen) atoms. The number of nitrogens with one attached hydrogen (secondary N) is 1. The summed E-state index contributed by atoms with van der Waals surface area (Å²) in [6.45, 7) is 0. The highest BCUT2D eigenvalue weighted by Gasteiger charge is 2.46. The van der Waals surface area contributed by atoms with Gasteiger partial charge in [-0.25, -0.2) is 4.79 Å². The van der Waals surface area contributed by atoms with Gasteiger partial charge in [-0.2, -0.15) is 13.2 Å². The highest BCUT2D eigenvalue weighted by molar-refractivity contribution is 5.70. The van der Waals surface area contributed by atoms with Gasteiger partial charge in [0.05, 0.1) is 0 Å². The zero-order valence-electron chi connectivity index (χ0n) is 11.5. The average Bonchev–Trinajstić information content (AvgIpc) is 2.45. The van der Waals surface area contributed by atoms with Crippen LogP contribution in [0.4, 0.5) is 18.0 Å². The number of hydrogen-bond acceptors (Lipinski definition) is 2. The quantitative estimate of drug-likeness (QED) is 0.904. The highest BCUT2D eigenvalue weighted by Crippen LogP contribution is 2.34. The lowest BCUT2D eigenvalue weighted by molar-refractivity contribution is -0.168. The van der Waals surface area contributed by atoms with Crippen LogP contribution >= 0.6 is 0 Å². The molecule has 1 unspecified atom stereocenters. The van der Waals surface area contributed by atoms with Gasteiger partial charge in [0.25, 0.3) is 0 Å². The van der Waals surface area contributed by atoms with Crippen LogP contribution in [0.25, 0.3) is 0 Å². The van der Waals surface area contributed by atoms with Crippen LogP contribution in [0.1, 0.15) is 32.1 Å². The molecular weight excluding hydrogens is 283 g/mol. The molecule has 0 aliphatic heterocycles. The fourth-order valence-electron chi connectivity index (χ4n) is 2.69. The first-order valence-electron chi connectivity index (χ1n) is 7.07. The zero-order valence-corrected chi connectivity index (χ0v) is 11.5. The van der Waals surface area contributed by atoms with Crippen LogP contribution in [-0.4, -0.2) is 18.3 Å². The Morgan fingerprint density at radius 1 is 1.14 bits per heavy atom. The lowest BCUT2D eigenvalue weighted by Crippen LogP contribution is -2.51. The highest BCUT2D eigenvalue weighted by atomic mass is 19.4. The number of benzene rings is 1. The molecule has 1 aliphatic rings. The largest absolute Gasteiger partial charge is 0.413 e. The Morgan fingerprint density at radius 2 is 1.76 bits per heavy atom. The maximum atomic E-state index is 13.1. The van der Waals surface area contributed by atoms with Crippen molar-refractivity contribution in [3.8, 4) is 5.75 Å². The number of halogens is 3. The number of ether oxygens (including phenoxy) is 1. The maximum absolute atomic E-state index is 13.1. The molecule has 0 radical (unpaired) electrons. The third-order valence-electron chi connectivity index (χ3n) is 3.70. The molecule has 1 aromatic carbocycles. The van der Waals surface area contributed by atoms with Crippen molar-refractivity contribution >= 4 is 6.09 Å². The van der Waals surface area contributed by atoms with E-state index in [0.29, 0.717) is 12.8 Å². The van der Waals surface area contributed by atoms with E-state index in [1.165, 1.54) is 12.1 Å². The summed E-state index contributed by atoms with van der Waals surface area (Å²) in [5.74, 6) is -0.346. The standard InChI is InChI=1S/C15H18F3NO2/c16-15(17,18)13(11-7-3-1-4-8-11)19-14(20)21-12-9-5-2-6-10-12/h2,5-6,9-11,13H,1,3-4,7-8H2,(H,19,20). The second-order valence-corrected chi connectivity index (χ2v) is 5.26. The zero-order chi connectivity index (χ0) is 15.3. The van der Waals surface area contributed by atoms with Crippen molar-refractivity contribution in [3.63, 3.8) is 0 Å². The summed E-state index contributed by atoms with van der Waals surface area (Å²) in [6, 6.07) is 6.21. The van der Waals surface area contributed by atoms with Crippen molar-refractivity contribution in [2.24, 2.45) is 5.92 Å². The first-order chi connectivity index (χ1) is 9.97. The number of carbonyl (C=O) groups is 1. The van der Waals surface area contributed by atoms with Crippen LogP contribution in [0.5, 0.6) is 5.75 Å². The van der Waals surface area contributed by atoms with Gasteiger partial charge in [-0.3, -0.25) is 0 Å². The first kappa shape index (κ1) is 15.7. The lowest BCUT2D eigenvalue weighted by Gasteiger charge is -2.31.